The first-order valence-corrected chi connectivity index (χ1v) is 5.77. The smallest absolute Gasteiger partial charge is 0.328 e. The van der Waals surface area contributed by atoms with Crippen LogP contribution in [0.15, 0.2) is 30.3 Å². The highest BCUT2D eigenvalue weighted by atomic mass is 16.5. The molecule has 18 heavy (non-hydrogen) atoms. The Morgan fingerprint density at radius 3 is 2.56 bits per heavy atom. The van der Waals surface area contributed by atoms with E-state index in [0.717, 1.165) is 5.56 Å². The molecule has 0 heterocycles. The first kappa shape index (κ1) is 14.2. The molecule has 1 rings (SSSR count). The molecule has 0 aromatic heterocycles. The standard InChI is InChI=1S/C13H17NO4/c1-2-12(15)14-11(13(16)17)9-18-8-10-6-4-3-5-7-10/h3-7,11H,2,8-9H2,1H3,(H,14,15)(H,16,17). The molecule has 0 aliphatic rings. The number of nitrogens with one attached hydrogen (secondary N) is 1. The van der Waals surface area contributed by atoms with Gasteiger partial charge < -0.3 is 15.2 Å². The van der Waals surface area contributed by atoms with Gasteiger partial charge in [-0.2, -0.15) is 0 Å². The van der Waals surface area contributed by atoms with Gasteiger partial charge in [-0.25, -0.2) is 4.79 Å². The molecule has 1 amide bonds. The maximum atomic E-state index is 11.1. The molecule has 0 aliphatic heterocycles. The molecule has 0 radical (unpaired) electrons. The van der Waals surface area contributed by atoms with E-state index < -0.39 is 12.0 Å². The van der Waals surface area contributed by atoms with E-state index in [1.807, 2.05) is 30.3 Å². The third kappa shape index (κ3) is 4.97. The van der Waals surface area contributed by atoms with Crippen LogP contribution in [0.3, 0.4) is 0 Å². The topological polar surface area (TPSA) is 75.6 Å². The number of hydrogen-bond acceptors (Lipinski definition) is 3. The van der Waals surface area contributed by atoms with Crippen molar-refractivity contribution in [3.8, 4) is 0 Å². The van der Waals surface area contributed by atoms with Crippen molar-refractivity contribution in [3.63, 3.8) is 0 Å². The molecule has 1 aromatic rings. The largest absolute Gasteiger partial charge is 0.480 e. The molecular formula is C13H17NO4. The molecular weight excluding hydrogens is 234 g/mol. The predicted molar refractivity (Wildman–Crippen MR) is 66.0 cm³/mol. The molecule has 0 aliphatic carbocycles. The van der Waals surface area contributed by atoms with E-state index in [1.54, 1.807) is 6.92 Å². The van der Waals surface area contributed by atoms with Crippen LogP contribution >= 0.6 is 0 Å². The highest BCUT2D eigenvalue weighted by Crippen LogP contribution is 2.01. The minimum Gasteiger partial charge on any atom is -0.480 e. The Labute approximate surface area is 106 Å². The Balaban J connectivity index is 2.38. The highest BCUT2D eigenvalue weighted by molar-refractivity contribution is 5.83. The van der Waals surface area contributed by atoms with Crippen molar-refractivity contribution in [3.05, 3.63) is 35.9 Å². The monoisotopic (exact) mass is 251 g/mol. The minimum atomic E-state index is -1.09. The van der Waals surface area contributed by atoms with Gasteiger partial charge in [-0.3, -0.25) is 4.79 Å². The number of benzene rings is 1. The van der Waals surface area contributed by atoms with Crippen molar-refractivity contribution in [2.75, 3.05) is 6.61 Å². The Kier molecular flexibility index (Phi) is 5.87. The van der Waals surface area contributed by atoms with Crippen molar-refractivity contribution in [2.45, 2.75) is 26.0 Å². The van der Waals surface area contributed by atoms with Gasteiger partial charge >= 0.3 is 5.97 Å². The zero-order chi connectivity index (χ0) is 13.4. The summed E-state index contributed by atoms with van der Waals surface area (Å²) in [4.78, 5) is 22.0. The number of carbonyl (C=O) groups excluding carboxylic acids is 1. The van der Waals surface area contributed by atoms with Crippen LogP contribution in [-0.2, 0) is 20.9 Å². The predicted octanol–water partition coefficient (Wildman–Crippen LogP) is 1.18. The zero-order valence-corrected chi connectivity index (χ0v) is 10.3. The SMILES string of the molecule is CCC(=O)NC(COCc1ccccc1)C(=O)O. The second-order valence-electron chi connectivity index (χ2n) is 3.81. The van der Waals surface area contributed by atoms with E-state index in [1.165, 1.54) is 0 Å². The summed E-state index contributed by atoms with van der Waals surface area (Å²) < 4.78 is 5.29. The molecule has 1 atom stereocenters. The van der Waals surface area contributed by atoms with E-state index >= 15 is 0 Å². The van der Waals surface area contributed by atoms with E-state index in [-0.39, 0.29) is 18.9 Å². The van der Waals surface area contributed by atoms with Gasteiger partial charge in [0.15, 0.2) is 6.04 Å². The summed E-state index contributed by atoms with van der Waals surface area (Å²) in [5.41, 5.74) is 0.962. The second-order valence-corrected chi connectivity index (χ2v) is 3.81. The first-order chi connectivity index (χ1) is 8.63. The van der Waals surface area contributed by atoms with E-state index in [2.05, 4.69) is 5.32 Å². The number of amides is 1. The molecule has 0 saturated carbocycles. The van der Waals surface area contributed by atoms with Crippen molar-refractivity contribution < 1.29 is 19.4 Å². The summed E-state index contributed by atoms with van der Waals surface area (Å²) in [5.74, 6) is -1.39. The summed E-state index contributed by atoms with van der Waals surface area (Å²) in [7, 11) is 0. The van der Waals surface area contributed by atoms with Crippen LogP contribution < -0.4 is 5.32 Å². The highest BCUT2D eigenvalue weighted by Gasteiger charge is 2.19. The Morgan fingerprint density at radius 2 is 2.00 bits per heavy atom. The number of carbonyl (C=O) groups is 2. The molecule has 1 aromatic carbocycles. The maximum Gasteiger partial charge on any atom is 0.328 e. The average Bonchev–Trinajstić information content (AvgIpc) is 2.38. The van der Waals surface area contributed by atoms with Crippen molar-refractivity contribution in [1.82, 2.24) is 5.32 Å². The second kappa shape index (κ2) is 7.45. The lowest BCUT2D eigenvalue weighted by Gasteiger charge is -2.14. The molecule has 0 saturated heterocycles. The molecule has 1 unspecified atom stereocenters. The summed E-state index contributed by atoms with van der Waals surface area (Å²) in [6.45, 7) is 1.95. The molecule has 2 N–H and O–H groups in total. The maximum absolute atomic E-state index is 11.1. The van der Waals surface area contributed by atoms with Gasteiger partial charge in [0.25, 0.3) is 0 Å². The van der Waals surface area contributed by atoms with Crippen molar-refractivity contribution in [1.29, 1.82) is 0 Å². The summed E-state index contributed by atoms with van der Waals surface area (Å²) in [5, 5.41) is 11.3. The molecule has 98 valence electrons. The lowest BCUT2D eigenvalue weighted by Crippen LogP contribution is -2.43. The van der Waals surface area contributed by atoms with Crippen LogP contribution in [0.1, 0.15) is 18.9 Å². The minimum absolute atomic E-state index is 0.0457. The van der Waals surface area contributed by atoms with Crippen LogP contribution in [-0.4, -0.2) is 29.6 Å². The van der Waals surface area contributed by atoms with Crippen molar-refractivity contribution in [2.24, 2.45) is 0 Å². The summed E-state index contributed by atoms with van der Waals surface area (Å²) in [6, 6.07) is 8.44. The van der Waals surface area contributed by atoms with E-state index in [4.69, 9.17) is 9.84 Å². The normalized spacial score (nSPS) is 11.8. The van der Waals surface area contributed by atoms with Crippen LogP contribution in [0.25, 0.3) is 0 Å². The van der Waals surface area contributed by atoms with E-state index in [0.29, 0.717) is 6.61 Å². The lowest BCUT2D eigenvalue weighted by atomic mass is 10.2. The van der Waals surface area contributed by atoms with Gasteiger partial charge in [-0.05, 0) is 5.56 Å². The number of rotatable bonds is 7. The molecule has 0 fully saturated rings. The Hall–Kier alpha value is -1.88. The van der Waals surface area contributed by atoms with Gasteiger partial charge in [0.05, 0.1) is 13.2 Å². The van der Waals surface area contributed by atoms with Crippen LogP contribution in [0.2, 0.25) is 0 Å². The van der Waals surface area contributed by atoms with Gasteiger partial charge in [0.1, 0.15) is 0 Å². The molecule has 0 spiro atoms. The molecule has 0 bridgehead atoms. The average molecular weight is 251 g/mol. The number of carboxylic acid groups (broad SMARTS) is 1. The fourth-order valence-electron chi connectivity index (χ4n) is 1.34. The quantitative estimate of drug-likeness (QED) is 0.763. The summed E-state index contributed by atoms with van der Waals surface area (Å²) >= 11 is 0. The fourth-order valence-corrected chi connectivity index (χ4v) is 1.34. The van der Waals surface area contributed by atoms with Crippen LogP contribution in [0.5, 0.6) is 0 Å². The third-order valence-corrected chi connectivity index (χ3v) is 2.35. The number of carboxylic acids is 1. The van der Waals surface area contributed by atoms with Gasteiger partial charge in [-0.15, -0.1) is 0 Å². The number of ether oxygens (including phenoxy) is 1. The Bertz CT molecular complexity index is 391. The number of aliphatic carboxylic acids is 1. The van der Waals surface area contributed by atoms with Gasteiger partial charge in [-0.1, -0.05) is 37.3 Å². The zero-order valence-electron chi connectivity index (χ0n) is 10.3. The lowest BCUT2D eigenvalue weighted by molar-refractivity contribution is -0.143. The number of hydrogen-bond donors (Lipinski definition) is 2. The fraction of sp³-hybridized carbons (Fsp3) is 0.385. The first-order valence-electron chi connectivity index (χ1n) is 5.77. The van der Waals surface area contributed by atoms with Crippen molar-refractivity contribution >= 4 is 11.9 Å². The van der Waals surface area contributed by atoms with Gasteiger partial charge in [0, 0.05) is 6.42 Å². The summed E-state index contributed by atoms with van der Waals surface area (Å²) in [6.07, 6.45) is 0.252. The third-order valence-electron chi connectivity index (χ3n) is 2.35. The molecule has 5 nitrogen and oxygen atoms in total. The Morgan fingerprint density at radius 1 is 1.33 bits per heavy atom. The van der Waals surface area contributed by atoms with Gasteiger partial charge in [0.2, 0.25) is 5.91 Å². The van der Waals surface area contributed by atoms with Crippen LogP contribution in [0, 0.1) is 0 Å². The van der Waals surface area contributed by atoms with Crippen LogP contribution in [0.4, 0.5) is 0 Å². The van der Waals surface area contributed by atoms with E-state index in [9.17, 15) is 9.59 Å². The molecule has 5 heteroatoms.